The summed E-state index contributed by atoms with van der Waals surface area (Å²) in [7, 11) is -3.56. The van der Waals surface area contributed by atoms with Gasteiger partial charge in [-0.3, -0.25) is 0 Å². The lowest BCUT2D eigenvalue weighted by atomic mass is 10.2. The zero-order valence-corrected chi connectivity index (χ0v) is 15.4. The molecule has 1 aliphatic heterocycles. The highest BCUT2D eigenvalue weighted by Gasteiger charge is 2.26. The quantitative estimate of drug-likeness (QED) is 0.668. The van der Waals surface area contributed by atoms with Gasteiger partial charge in [-0.1, -0.05) is 23.4 Å². The number of hydrogen-bond donors (Lipinski definition) is 0. The maximum Gasteiger partial charge on any atom is 0.243 e. The number of nitrogens with zero attached hydrogens (tertiary/aromatic N) is 4. The van der Waals surface area contributed by atoms with Gasteiger partial charge in [-0.2, -0.15) is 4.31 Å². The lowest BCUT2D eigenvalue weighted by Crippen LogP contribution is -2.35. The Labute approximate surface area is 156 Å². The van der Waals surface area contributed by atoms with Crippen molar-refractivity contribution < 1.29 is 17.6 Å². The molecular formula is C18H19FN4O3S. The Morgan fingerprint density at radius 2 is 1.89 bits per heavy atom. The fourth-order valence-corrected chi connectivity index (χ4v) is 4.69. The van der Waals surface area contributed by atoms with Gasteiger partial charge in [-0.25, -0.2) is 12.8 Å². The molecule has 0 radical (unpaired) electrons. The van der Waals surface area contributed by atoms with Gasteiger partial charge in [-0.05, 0) is 54.0 Å². The van der Waals surface area contributed by atoms with Crippen molar-refractivity contribution in [2.75, 3.05) is 13.1 Å². The zero-order valence-electron chi connectivity index (χ0n) is 14.6. The van der Waals surface area contributed by atoms with E-state index < -0.39 is 10.0 Å². The highest BCUT2D eigenvalue weighted by molar-refractivity contribution is 7.89. The van der Waals surface area contributed by atoms with Crippen molar-refractivity contribution in [1.82, 2.24) is 19.5 Å². The van der Waals surface area contributed by atoms with Crippen molar-refractivity contribution >= 4 is 21.1 Å². The second kappa shape index (κ2) is 7.24. The van der Waals surface area contributed by atoms with E-state index in [1.165, 1.54) is 33.4 Å². The summed E-state index contributed by atoms with van der Waals surface area (Å²) >= 11 is 0. The molecular weight excluding hydrogens is 371 g/mol. The van der Waals surface area contributed by atoms with Crippen molar-refractivity contribution in [3.05, 3.63) is 53.8 Å². The fourth-order valence-electron chi connectivity index (χ4n) is 3.15. The smallest absolute Gasteiger partial charge is 0.243 e. The third-order valence-corrected chi connectivity index (χ3v) is 6.48. The largest absolute Gasteiger partial charge is 0.390 e. The Balaban J connectivity index is 1.61. The first kappa shape index (κ1) is 17.9. The minimum Gasteiger partial charge on any atom is -0.390 e. The second-order valence-electron chi connectivity index (χ2n) is 6.48. The topological polar surface area (TPSA) is 77.3 Å². The maximum atomic E-state index is 13.3. The molecule has 1 saturated heterocycles. The van der Waals surface area contributed by atoms with Crippen LogP contribution in [0.15, 0.2) is 47.4 Å². The summed E-state index contributed by atoms with van der Waals surface area (Å²) in [6.07, 6.45) is 2.80. The summed E-state index contributed by atoms with van der Waals surface area (Å²) in [5.41, 5.74) is 1.60. The maximum absolute atomic E-state index is 13.3. The van der Waals surface area contributed by atoms with Crippen LogP contribution in [0.5, 0.6) is 0 Å². The van der Waals surface area contributed by atoms with E-state index >= 15 is 0 Å². The molecule has 0 aliphatic carbocycles. The predicted molar refractivity (Wildman–Crippen MR) is 96.8 cm³/mol. The molecule has 0 spiro atoms. The highest BCUT2D eigenvalue weighted by atomic mass is 32.2. The number of sulfonamides is 1. The Morgan fingerprint density at radius 3 is 2.67 bits per heavy atom. The normalized spacial score (nSPS) is 15.9. The summed E-state index contributed by atoms with van der Waals surface area (Å²) in [4.78, 5) is 6.95. The Bertz CT molecular complexity index is 1060. The van der Waals surface area contributed by atoms with Gasteiger partial charge in [0.25, 0.3) is 0 Å². The Morgan fingerprint density at radius 1 is 1.07 bits per heavy atom. The average molecular weight is 390 g/mol. The predicted octanol–water partition coefficient (Wildman–Crippen LogP) is 2.37. The van der Waals surface area contributed by atoms with Crippen molar-refractivity contribution in [2.45, 2.75) is 30.8 Å². The summed E-state index contributed by atoms with van der Waals surface area (Å²) in [5.74, 6) is -0.352. The van der Waals surface area contributed by atoms with Crippen molar-refractivity contribution in [3.8, 4) is 0 Å². The highest BCUT2D eigenvalue weighted by Crippen LogP contribution is 2.23. The molecule has 3 aromatic rings. The van der Waals surface area contributed by atoms with E-state index in [1.807, 2.05) is 0 Å². The van der Waals surface area contributed by atoms with Gasteiger partial charge in [0.15, 0.2) is 0 Å². The lowest BCUT2D eigenvalue weighted by molar-refractivity contribution is 0.0749. The fraction of sp³-hybridized carbons (Fsp3) is 0.333. The lowest BCUT2D eigenvalue weighted by Gasteiger charge is -2.25. The van der Waals surface area contributed by atoms with E-state index in [0.717, 1.165) is 19.3 Å². The van der Waals surface area contributed by atoms with Crippen molar-refractivity contribution in [2.24, 2.45) is 0 Å². The molecule has 1 aliphatic rings. The van der Waals surface area contributed by atoms with Crippen LogP contribution in [0.1, 0.15) is 24.8 Å². The van der Waals surface area contributed by atoms with Crippen LogP contribution in [-0.4, -0.2) is 41.0 Å². The van der Waals surface area contributed by atoms with Crippen LogP contribution < -0.4 is 4.84 Å². The average Bonchev–Trinajstić information content (AvgIpc) is 3.09. The van der Waals surface area contributed by atoms with E-state index in [0.29, 0.717) is 29.7 Å². The number of aromatic nitrogens is 3. The first-order valence-corrected chi connectivity index (χ1v) is 10.2. The first-order chi connectivity index (χ1) is 13.0. The standard InChI is InChI=1S/C18H19FN4O3S/c19-15-6-4-5-14(11-15)13-26-23-18-12-16(7-8-17(18)20-21-23)27(24,25)22-9-2-1-3-10-22/h4-8,11-12H,1-3,9-10,13H2. The van der Waals surface area contributed by atoms with Gasteiger partial charge in [0.05, 0.1) is 4.90 Å². The minimum atomic E-state index is -3.56. The molecule has 1 fully saturated rings. The summed E-state index contributed by atoms with van der Waals surface area (Å²) < 4.78 is 40.5. The minimum absolute atomic E-state index is 0.0827. The molecule has 9 heteroatoms. The number of hydrogen-bond acceptors (Lipinski definition) is 5. The number of halogens is 1. The van der Waals surface area contributed by atoms with Crippen LogP contribution in [0, 0.1) is 5.82 Å². The van der Waals surface area contributed by atoms with Gasteiger partial charge in [-0.15, -0.1) is 5.10 Å². The Hall–Kier alpha value is -2.52. The van der Waals surface area contributed by atoms with Crippen LogP contribution in [0.3, 0.4) is 0 Å². The van der Waals surface area contributed by atoms with Crippen LogP contribution in [0.2, 0.25) is 0 Å². The van der Waals surface area contributed by atoms with Gasteiger partial charge < -0.3 is 4.84 Å². The van der Waals surface area contributed by atoms with E-state index in [9.17, 15) is 12.8 Å². The van der Waals surface area contributed by atoms with Crippen LogP contribution in [0.4, 0.5) is 4.39 Å². The van der Waals surface area contributed by atoms with E-state index in [4.69, 9.17) is 4.84 Å². The molecule has 7 nitrogen and oxygen atoms in total. The summed E-state index contributed by atoms with van der Waals surface area (Å²) in [5, 5.41) is 7.90. The van der Waals surface area contributed by atoms with Crippen LogP contribution in [-0.2, 0) is 16.6 Å². The molecule has 0 unspecified atom stereocenters. The molecule has 0 bridgehead atoms. The Kier molecular flexibility index (Phi) is 4.79. The van der Waals surface area contributed by atoms with Gasteiger partial charge in [0, 0.05) is 13.1 Å². The SMILES string of the molecule is O=S(=O)(c1ccc2nnn(OCc3cccc(F)c3)c2c1)N1CCCCC1. The molecule has 2 aromatic carbocycles. The van der Waals surface area contributed by atoms with E-state index in [-0.39, 0.29) is 17.3 Å². The summed E-state index contributed by atoms with van der Waals surface area (Å²) in [6.45, 7) is 1.15. The summed E-state index contributed by atoms with van der Waals surface area (Å²) in [6, 6.07) is 10.7. The molecule has 2 heterocycles. The molecule has 0 saturated carbocycles. The molecule has 0 N–H and O–H groups in total. The van der Waals surface area contributed by atoms with E-state index in [1.54, 1.807) is 18.2 Å². The van der Waals surface area contributed by atoms with Gasteiger partial charge >= 0.3 is 0 Å². The van der Waals surface area contributed by atoms with Crippen LogP contribution in [0.25, 0.3) is 11.0 Å². The zero-order chi connectivity index (χ0) is 18.9. The number of benzene rings is 2. The molecule has 1 aromatic heterocycles. The second-order valence-corrected chi connectivity index (χ2v) is 8.42. The van der Waals surface area contributed by atoms with Crippen molar-refractivity contribution in [1.29, 1.82) is 0 Å². The molecule has 4 rings (SSSR count). The van der Waals surface area contributed by atoms with Gasteiger partial charge in [0.2, 0.25) is 10.0 Å². The third kappa shape index (κ3) is 3.65. The van der Waals surface area contributed by atoms with E-state index in [2.05, 4.69) is 10.3 Å². The molecule has 0 amide bonds. The third-order valence-electron chi connectivity index (χ3n) is 4.58. The first-order valence-electron chi connectivity index (χ1n) is 8.77. The number of fused-ring (bicyclic) bond motifs is 1. The van der Waals surface area contributed by atoms with Crippen LogP contribution >= 0.6 is 0 Å². The number of piperidine rings is 1. The monoisotopic (exact) mass is 390 g/mol. The number of rotatable bonds is 5. The molecule has 142 valence electrons. The molecule has 27 heavy (non-hydrogen) atoms. The van der Waals surface area contributed by atoms with Crippen molar-refractivity contribution in [3.63, 3.8) is 0 Å². The molecule has 0 atom stereocenters. The van der Waals surface area contributed by atoms with Gasteiger partial charge in [0.1, 0.15) is 23.5 Å².